The number of allylic oxidation sites excluding steroid dienone is 4. The summed E-state index contributed by atoms with van der Waals surface area (Å²) >= 11 is -0.0846. The minimum atomic E-state index is -0.0846. The Morgan fingerprint density at radius 1 is 1.05 bits per heavy atom. The fourth-order valence-corrected chi connectivity index (χ4v) is 4.06. The van der Waals surface area contributed by atoms with Gasteiger partial charge in [0.2, 0.25) is 0 Å². The quantitative estimate of drug-likeness (QED) is 0.488. The van der Waals surface area contributed by atoms with Crippen LogP contribution in [0.25, 0.3) is 0 Å². The van der Waals surface area contributed by atoms with E-state index in [1.165, 1.54) is 12.0 Å². The summed E-state index contributed by atoms with van der Waals surface area (Å²) in [6.07, 6.45) is 7.93. The van der Waals surface area contributed by atoms with Crippen LogP contribution in [0, 0.1) is 0 Å². The average Bonchev–Trinajstić information content (AvgIpc) is 2.79. The smallest absolute Gasteiger partial charge is 1.00 e. The maximum atomic E-state index is 2.36. The molecule has 5 heteroatoms. The Morgan fingerprint density at radius 3 is 2.16 bits per heavy atom. The second-order valence-electron chi connectivity index (χ2n) is 4.25. The summed E-state index contributed by atoms with van der Waals surface area (Å²) in [6.45, 7) is 0. The molecule has 0 saturated carbocycles. The predicted octanol–water partition coefficient (Wildman–Crippen LogP) is -5.81. The Morgan fingerprint density at radius 2 is 1.68 bits per heavy atom. The van der Waals surface area contributed by atoms with Crippen molar-refractivity contribution in [3.63, 3.8) is 0 Å². The van der Waals surface area contributed by atoms with Gasteiger partial charge in [-0.1, -0.05) is 0 Å². The van der Waals surface area contributed by atoms with Crippen LogP contribution in [0.1, 0.15) is 16.3 Å². The number of nitrogens with zero attached hydrogens (tertiary/aromatic N) is 1. The van der Waals surface area contributed by atoms with Gasteiger partial charge in [0.05, 0.1) is 0 Å². The van der Waals surface area contributed by atoms with Crippen molar-refractivity contribution in [3.8, 4) is 0 Å². The summed E-state index contributed by atoms with van der Waals surface area (Å²) in [5.41, 5.74) is 1.46. The molecule has 0 heterocycles. The maximum absolute atomic E-state index is 2.36. The van der Waals surface area contributed by atoms with Crippen molar-refractivity contribution < 1.29 is 56.4 Å². The Labute approximate surface area is 143 Å². The Kier molecular flexibility index (Phi) is 12.4. The van der Waals surface area contributed by atoms with E-state index in [0.29, 0.717) is 4.35 Å². The summed E-state index contributed by atoms with van der Waals surface area (Å²) in [7, 11) is 4.37. The van der Waals surface area contributed by atoms with Crippen molar-refractivity contribution in [1.29, 1.82) is 0 Å². The number of halogens is 3. The average molecular weight is 354 g/mol. The molecule has 1 aliphatic carbocycles. The molecule has 19 heavy (non-hydrogen) atoms. The molecule has 2 rings (SSSR count). The monoisotopic (exact) mass is 352 g/mol. The van der Waals surface area contributed by atoms with E-state index >= 15 is 0 Å². The number of hydrogen-bond acceptors (Lipinski definition) is 1. The molecule has 1 aromatic rings. The maximum Gasteiger partial charge on any atom is -1.00 e. The third kappa shape index (κ3) is 6.49. The molecule has 0 radical (unpaired) electrons. The van der Waals surface area contributed by atoms with Crippen LogP contribution >= 0.6 is 0 Å². The molecule has 1 unspecified atom stereocenters. The Balaban J connectivity index is 0. The molecule has 1 aromatic carbocycles. The minimum Gasteiger partial charge on any atom is -1.00 e. The van der Waals surface area contributed by atoms with Gasteiger partial charge in [-0.3, -0.25) is 0 Å². The molecule has 0 fully saturated rings. The number of rotatable bonds is 4. The Hall–Kier alpha value is 0.244. The molecule has 0 aliphatic heterocycles. The van der Waals surface area contributed by atoms with Crippen LogP contribution in [0.15, 0.2) is 52.4 Å². The van der Waals surface area contributed by atoms with Gasteiger partial charge >= 0.3 is 107 Å². The topological polar surface area (TPSA) is 3.24 Å². The van der Waals surface area contributed by atoms with Crippen LogP contribution in [0.4, 0.5) is 0 Å². The van der Waals surface area contributed by atoms with E-state index in [2.05, 4.69) is 67.6 Å². The predicted molar refractivity (Wildman–Crippen MR) is 64.7 cm³/mol. The third-order valence-electron chi connectivity index (χ3n) is 2.73. The van der Waals surface area contributed by atoms with E-state index < -0.39 is 0 Å². The van der Waals surface area contributed by atoms with E-state index in [4.69, 9.17) is 0 Å². The Bertz CT molecular complexity index is 404. The minimum absolute atomic E-state index is 0. The molecule has 1 atom stereocenters. The molecule has 0 spiro atoms. The first-order valence-electron chi connectivity index (χ1n) is 5.61. The number of hydrogen-bond donors (Lipinski definition) is 0. The van der Waals surface area contributed by atoms with Gasteiger partial charge < -0.3 is 37.2 Å². The molecular weight excluding hydrogens is 336 g/mol. The van der Waals surface area contributed by atoms with Crippen molar-refractivity contribution in [2.24, 2.45) is 0 Å². The SMILES string of the molecule is CN(C)[CH]([Ti+3][C]1=CC=CC1)c1ccccc1.[Cl-].[Cl-].[Cl-]. The summed E-state index contributed by atoms with van der Waals surface area (Å²) < 4.78 is 2.27. The van der Waals surface area contributed by atoms with Crippen molar-refractivity contribution in [2.75, 3.05) is 14.1 Å². The fourth-order valence-electron chi connectivity index (χ4n) is 1.88. The van der Waals surface area contributed by atoms with Crippen LogP contribution < -0.4 is 37.2 Å². The van der Waals surface area contributed by atoms with E-state index in [1.54, 1.807) is 3.88 Å². The zero-order valence-electron chi connectivity index (χ0n) is 11.0. The van der Waals surface area contributed by atoms with Gasteiger partial charge in [-0.05, 0) is 0 Å². The van der Waals surface area contributed by atoms with Gasteiger partial charge in [-0.15, -0.1) is 0 Å². The molecule has 0 amide bonds. The van der Waals surface area contributed by atoms with Gasteiger partial charge in [-0.2, -0.15) is 0 Å². The fraction of sp³-hybridized carbons (Fsp3) is 0.286. The van der Waals surface area contributed by atoms with Crippen LogP contribution in [0.3, 0.4) is 0 Å². The first-order chi connectivity index (χ1) is 7.77. The summed E-state index contributed by atoms with van der Waals surface area (Å²) in [5, 5.41) is 0. The second-order valence-corrected chi connectivity index (χ2v) is 6.55. The van der Waals surface area contributed by atoms with Crippen LogP contribution in [0.5, 0.6) is 0 Å². The molecule has 0 saturated heterocycles. The normalized spacial score (nSPS) is 13.5. The van der Waals surface area contributed by atoms with Gasteiger partial charge in [0.25, 0.3) is 0 Å². The molecule has 0 N–H and O–H groups in total. The molecule has 1 nitrogen and oxygen atoms in total. The number of benzene rings is 1. The van der Waals surface area contributed by atoms with Crippen molar-refractivity contribution in [3.05, 3.63) is 58.0 Å². The first-order valence-corrected chi connectivity index (χ1v) is 7.29. The van der Waals surface area contributed by atoms with Crippen molar-refractivity contribution in [2.45, 2.75) is 10.8 Å². The molecule has 0 bridgehead atoms. The molecule has 103 valence electrons. The van der Waals surface area contributed by atoms with Crippen LogP contribution in [0.2, 0.25) is 0 Å². The van der Waals surface area contributed by atoms with E-state index in [9.17, 15) is 0 Å². The summed E-state index contributed by atoms with van der Waals surface area (Å²) in [4.78, 5) is 2.36. The second kappa shape index (κ2) is 11.0. The van der Waals surface area contributed by atoms with Gasteiger partial charge in [0.1, 0.15) is 0 Å². The largest absolute Gasteiger partial charge is 1.00 e. The van der Waals surface area contributed by atoms with E-state index in [-0.39, 0.29) is 56.4 Å². The zero-order chi connectivity index (χ0) is 11.4. The van der Waals surface area contributed by atoms with Gasteiger partial charge in [0, 0.05) is 0 Å². The summed E-state index contributed by atoms with van der Waals surface area (Å²) in [6, 6.07) is 10.9. The molecule has 0 aromatic heterocycles. The standard InChI is InChI=1S/C9H12N.C5H5.3ClH.Ti/c1-10(2)8-9-6-4-3-5-7-9;1-2-4-5-3-1;;;;/h3-8H,1-2H3;1-3H,4H2;3*1H;/q;;;;;+3/p-3. The third-order valence-corrected chi connectivity index (χ3v) is 5.64. The van der Waals surface area contributed by atoms with Crippen LogP contribution in [-0.2, 0) is 19.2 Å². The van der Waals surface area contributed by atoms with Gasteiger partial charge in [0.15, 0.2) is 0 Å². The van der Waals surface area contributed by atoms with Gasteiger partial charge in [-0.25, -0.2) is 0 Å². The van der Waals surface area contributed by atoms with Crippen LogP contribution in [-0.4, -0.2) is 19.0 Å². The molecule has 1 aliphatic rings. The van der Waals surface area contributed by atoms with E-state index in [1.807, 2.05) is 0 Å². The zero-order valence-corrected chi connectivity index (χ0v) is 14.8. The summed E-state index contributed by atoms with van der Waals surface area (Å²) in [5.74, 6) is 0. The first kappa shape index (κ1) is 21.5. The van der Waals surface area contributed by atoms with Crippen molar-refractivity contribution in [1.82, 2.24) is 4.90 Å². The molecular formula is C14H17Cl3NTi. The van der Waals surface area contributed by atoms with Crippen molar-refractivity contribution >= 4 is 0 Å². The van der Waals surface area contributed by atoms with E-state index in [0.717, 1.165) is 0 Å².